The van der Waals surface area contributed by atoms with E-state index in [-0.39, 0.29) is 5.91 Å². The van der Waals surface area contributed by atoms with Crippen LogP contribution in [0.25, 0.3) is 0 Å². The highest BCUT2D eigenvalue weighted by molar-refractivity contribution is 6.04. The Morgan fingerprint density at radius 1 is 1.00 bits per heavy atom. The molecule has 0 atom stereocenters. The highest BCUT2D eigenvalue weighted by atomic mass is 16.5. The largest absolute Gasteiger partial charge is 0.497 e. The molecule has 0 spiro atoms. The molecule has 3 aromatic rings. The highest BCUT2D eigenvalue weighted by Crippen LogP contribution is 2.30. The molecule has 0 saturated carbocycles. The highest BCUT2D eigenvalue weighted by Gasteiger charge is 2.15. The number of ether oxygens (including phenoxy) is 2. The fraction of sp³-hybridized carbons (Fsp3) is 0.182. The van der Waals surface area contributed by atoms with Gasteiger partial charge in [-0.3, -0.25) is 9.78 Å². The van der Waals surface area contributed by atoms with Crippen LogP contribution < -0.4 is 19.7 Å². The number of amides is 1. The first kappa shape index (κ1) is 19.2. The van der Waals surface area contributed by atoms with Crippen molar-refractivity contribution in [2.75, 3.05) is 31.0 Å². The van der Waals surface area contributed by atoms with Gasteiger partial charge >= 0.3 is 0 Å². The molecule has 0 aliphatic carbocycles. The van der Waals surface area contributed by atoms with E-state index in [0.29, 0.717) is 22.9 Å². The molecule has 1 N–H and O–H groups in total. The number of pyridine rings is 1. The second kappa shape index (κ2) is 8.90. The molecule has 0 unspecified atom stereocenters. The predicted octanol–water partition coefficient (Wildman–Crippen LogP) is 4.51. The molecule has 2 aromatic carbocycles. The summed E-state index contributed by atoms with van der Waals surface area (Å²) in [6, 6.07) is 18.9. The summed E-state index contributed by atoms with van der Waals surface area (Å²) in [7, 11) is 3.12. The van der Waals surface area contributed by atoms with Crippen molar-refractivity contribution in [3.05, 3.63) is 72.6 Å². The predicted molar refractivity (Wildman–Crippen MR) is 111 cm³/mol. The second-order valence-electron chi connectivity index (χ2n) is 6.00. The zero-order chi connectivity index (χ0) is 19.9. The topological polar surface area (TPSA) is 63.7 Å². The lowest BCUT2D eigenvalue weighted by molar-refractivity contribution is 0.102. The summed E-state index contributed by atoms with van der Waals surface area (Å²) in [5.74, 6) is 0.848. The quantitative estimate of drug-likeness (QED) is 0.656. The summed E-state index contributed by atoms with van der Waals surface area (Å²) >= 11 is 0. The number of para-hydroxylation sites is 1. The first-order valence-electron chi connectivity index (χ1n) is 8.98. The molecule has 0 fully saturated rings. The van der Waals surface area contributed by atoms with Crippen LogP contribution in [-0.4, -0.2) is 31.7 Å². The third-order valence-electron chi connectivity index (χ3n) is 4.33. The van der Waals surface area contributed by atoms with Crippen LogP contribution in [0.3, 0.4) is 0 Å². The number of anilines is 3. The van der Waals surface area contributed by atoms with Crippen LogP contribution in [0.15, 0.2) is 66.9 Å². The summed E-state index contributed by atoms with van der Waals surface area (Å²) in [4.78, 5) is 19.1. The number of aromatic nitrogens is 1. The molecule has 144 valence electrons. The lowest BCUT2D eigenvalue weighted by Gasteiger charge is -2.23. The molecule has 0 saturated heterocycles. The zero-order valence-electron chi connectivity index (χ0n) is 16.2. The van der Waals surface area contributed by atoms with Crippen molar-refractivity contribution in [2.24, 2.45) is 0 Å². The molecule has 28 heavy (non-hydrogen) atoms. The van der Waals surface area contributed by atoms with Gasteiger partial charge in [-0.1, -0.05) is 18.2 Å². The Labute approximate surface area is 164 Å². The van der Waals surface area contributed by atoms with Crippen LogP contribution in [0.4, 0.5) is 17.1 Å². The molecule has 0 aliphatic rings. The third kappa shape index (κ3) is 4.23. The maximum Gasteiger partial charge on any atom is 0.274 e. The monoisotopic (exact) mass is 377 g/mol. The van der Waals surface area contributed by atoms with Crippen molar-refractivity contribution in [3.8, 4) is 11.5 Å². The van der Waals surface area contributed by atoms with Crippen LogP contribution in [0.2, 0.25) is 0 Å². The number of rotatable bonds is 7. The molecular formula is C22H23N3O3. The summed E-state index contributed by atoms with van der Waals surface area (Å²) in [5, 5.41) is 2.85. The van der Waals surface area contributed by atoms with E-state index in [1.807, 2.05) is 36.4 Å². The normalized spacial score (nSPS) is 10.2. The Hall–Kier alpha value is -3.54. The van der Waals surface area contributed by atoms with Gasteiger partial charge in [0.2, 0.25) is 0 Å². The summed E-state index contributed by atoms with van der Waals surface area (Å²) in [6.45, 7) is 2.83. The molecule has 6 nitrogen and oxygen atoms in total. The van der Waals surface area contributed by atoms with Gasteiger partial charge in [0.05, 0.1) is 19.9 Å². The number of carbonyl (C=O) groups is 1. The molecule has 1 amide bonds. The number of hydrogen-bond acceptors (Lipinski definition) is 5. The molecular weight excluding hydrogens is 354 g/mol. The van der Waals surface area contributed by atoms with Gasteiger partial charge in [0.25, 0.3) is 5.91 Å². The maximum absolute atomic E-state index is 12.8. The van der Waals surface area contributed by atoms with Crippen LogP contribution in [0.5, 0.6) is 11.5 Å². The van der Waals surface area contributed by atoms with Gasteiger partial charge in [0.15, 0.2) is 0 Å². The summed E-state index contributed by atoms with van der Waals surface area (Å²) in [6.07, 6.45) is 1.64. The fourth-order valence-electron chi connectivity index (χ4n) is 2.93. The van der Waals surface area contributed by atoms with E-state index in [4.69, 9.17) is 9.47 Å². The van der Waals surface area contributed by atoms with E-state index in [1.165, 1.54) is 0 Å². The molecule has 0 bridgehead atoms. The minimum atomic E-state index is -0.322. The lowest BCUT2D eigenvalue weighted by atomic mass is 10.2. The second-order valence-corrected chi connectivity index (χ2v) is 6.00. The van der Waals surface area contributed by atoms with Gasteiger partial charge in [-0.25, -0.2) is 0 Å². The minimum absolute atomic E-state index is 0.316. The van der Waals surface area contributed by atoms with Gasteiger partial charge in [-0.15, -0.1) is 0 Å². The third-order valence-corrected chi connectivity index (χ3v) is 4.33. The summed E-state index contributed by atoms with van der Waals surface area (Å²) < 4.78 is 10.5. The van der Waals surface area contributed by atoms with Crippen LogP contribution in [0.1, 0.15) is 17.4 Å². The SMILES string of the molecule is CCN(c1ccccc1)c1ccnc(C(=O)Nc2cc(OC)ccc2OC)c1. The van der Waals surface area contributed by atoms with E-state index in [1.54, 1.807) is 44.7 Å². The van der Waals surface area contributed by atoms with Crippen molar-refractivity contribution in [1.82, 2.24) is 4.98 Å². The fourth-order valence-corrected chi connectivity index (χ4v) is 2.93. The van der Waals surface area contributed by atoms with Gasteiger partial charge in [-0.2, -0.15) is 0 Å². The Kier molecular flexibility index (Phi) is 6.11. The number of hydrogen-bond donors (Lipinski definition) is 1. The summed E-state index contributed by atoms with van der Waals surface area (Å²) in [5.41, 5.74) is 2.79. The Balaban J connectivity index is 1.87. The van der Waals surface area contributed by atoms with E-state index in [0.717, 1.165) is 17.9 Å². The van der Waals surface area contributed by atoms with Crippen molar-refractivity contribution in [2.45, 2.75) is 6.92 Å². The van der Waals surface area contributed by atoms with Crippen molar-refractivity contribution < 1.29 is 14.3 Å². The molecule has 1 heterocycles. The molecule has 3 rings (SSSR count). The average molecular weight is 377 g/mol. The Morgan fingerprint density at radius 2 is 1.79 bits per heavy atom. The number of benzene rings is 2. The number of carbonyl (C=O) groups excluding carboxylic acids is 1. The average Bonchev–Trinajstić information content (AvgIpc) is 2.75. The number of nitrogens with one attached hydrogen (secondary N) is 1. The molecule has 1 aromatic heterocycles. The maximum atomic E-state index is 12.8. The standard InChI is InChI=1S/C22H23N3O3/c1-4-25(16-8-6-5-7-9-16)17-12-13-23-20(14-17)22(26)24-19-15-18(27-2)10-11-21(19)28-3/h5-15H,4H2,1-3H3,(H,24,26). The first-order chi connectivity index (χ1) is 13.7. The van der Waals surface area contributed by atoms with Gasteiger partial charge in [-0.05, 0) is 43.3 Å². The van der Waals surface area contributed by atoms with Gasteiger partial charge < -0.3 is 19.7 Å². The van der Waals surface area contributed by atoms with Crippen molar-refractivity contribution in [1.29, 1.82) is 0 Å². The molecule has 0 radical (unpaired) electrons. The first-order valence-corrected chi connectivity index (χ1v) is 8.98. The molecule has 6 heteroatoms. The van der Waals surface area contributed by atoms with E-state index < -0.39 is 0 Å². The smallest absolute Gasteiger partial charge is 0.274 e. The van der Waals surface area contributed by atoms with Crippen molar-refractivity contribution in [3.63, 3.8) is 0 Å². The van der Waals surface area contributed by atoms with Crippen LogP contribution >= 0.6 is 0 Å². The van der Waals surface area contributed by atoms with Crippen LogP contribution in [-0.2, 0) is 0 Å². The number of nitrogens with zero attached hydrogens (tertiary/aromatic N) is 2. The van der Waals surface area contributed by atoms with Crippen LogP contribution in [0, 0.1) is 0 Å². The van der Waals surface area contributed by atoms with Gasteiger partial charge in [0, 0.05) is 30.2 Å². The Bertz CT molecular complexity index is 945. The van der Waals surface area contributed by atoms with E-state index >= 15 is 0 Å². The minimum Gasteiger partial charge on any atom is -0.497 e. The van der Waals surface area contributed by atoms with Gasteiger partial charge in [0.1, 0.15) is 17.2 Å². The number of methoxy groups -OCH3 is 2. The Morgan fingerprint density at radius 3 is 2.46 bits per heavy atom. The van der Waals surface area contributed by atoms with Crippen molar-refractivity contribution >= 4 is 23.0 Å². The molecule has 0 aliphatic heterocycles. The zero-order valence-corrected chi connectivity index (χ0v) is 16.2. The van der Waals surface area contributed by atoms with E-state index in [9.17, 15) is 4.79 Å². The lowest BCUT2D eigenvalue weighted by Crippen LogP contribution is -2.18. The van der Waals surface area contributed by atoms with E-state index in [2.05, 4.69) is 22.1 Å².